The van der Waals surface area contributed by atoms with E-state index < -0.39 is 0 Å². The van der Waals surface area contributed by atoms with Crippen LogP contribution in [0.1, 0.15) is 25.8 Å². The summed E-state index contributed by atoms with van der Waals surface area (Å²) in [5, 5.41) is 0. The predicted molar refractivity (Wildman–Crippen MR) is 98.0 cm³/mol. The van der Waals surface area contributed by atoms with Crippen LogP contribution in [0.3, 0.4) is 0 Å². The van der Waals surface area contributed by atoms with Crippen molar-refractivity contribution in [3.63, 3.8) is 0 Å². The van der Waals surface area contributed by atoms with E-state index in [4.69, 9.17) is 0 Å². The summed E-state index contributed by atoms with van der Waals surface area (Å²) < 4.78 is 0. The molecule has 0 aromatic heterocycles. The zero-order chi connectivity index (χ0) is 15.8. The Hall–Kier alpha value is -2.34. The van der Waals surface area contributed by atoms with Crippen molar-refractivity contribution >= 4 is 0 Å². The molecule has 22 heavy (non-hydrogen) atoms. The lowest BCUT2D eigenvalue weighted by molar-refractivity contribution is 1.09. The van der Waals surface area contributed by atoms with Crippen molar-refractivity contribution in [2.75, 3.05) is 0 Å². The van der Waals surface area contributed by atoms with Crippen molar-refractivity contribution < 1.29 is 0 Å². The molecule has 3 rings (SSSR count). The van der Waals surface area contributed by atoms with Crippen LogP contribution in [0, 0.1) is 6.92 Å². The summed E-state index contributed by atoms with van der Waals surface area (Å²) in [7, 11) is 0. The molecule has 0 spiro atoms. The Morgan fingerprint density at radius 1 is 0.591 bits per heavy atom. The van der Waals surface area contributed by atoms with Crippen LogP contribution in [-0.2, 0) is 0 Å². The van der Waals surface area contributed by atoms with Crippen molar-refractivity contribution in [1.29, 1.82) is 0 Å². The minimum absolute atomic E-state index is 1.25. The molecule has 0 N–H and O–H groups in total. The maximum absolute atomic E-state index is 2.24. The maximum atomic E-state index is 2.24. The summed E-state index contributed by atoms with van der Waals surface area (Å²) in [6.45, 7) is 6.38. The minimum Gasteiger partial charge on any atom is -0.0656 e. The van der Waals surface area contributed by atoms with E-state index in [1.807, 2.05) is 0 Å². The fraction of sp³-hybridized carbons (Fsp3) is 0.182. The van der Waals surface area contributed by atoms with Gasteiger partial charge in [-0.25, -0.2) is 0 Å². The van der Waals surface area contributed by atoms with Crippen molar-refractivity contribution in [2.45, 2.75) is 27.2 Å². The van der Waals surface area contributed by atoms with Gasteiger partial charge in [0.05, 0.1) is 0 Å². The summed E-state index contributed by atoms with van der Waals surface area (Å²) >= 11 is 0. The predicted octanol–water partition coefficient (Wildman–Crippen LogP) is 6.75. The van der Waals surface area contributed by atoms with E-state index in [-0.39, 0.29) is 0 Å². The summed E-state index contributed by atoms with van der Waals surface area (Å²) in [6, 6.07) is 27.8. The second kappa shape index (κ2) is 8.19. The van der Waals surface area contributed by atoms with E-state index in [1.54, 1.807) is 0 Å². The van der Waals surface area contributed by atoms with Crippen LogP contribution in [0.15, 0.2) is 78.9 Å². The molecule has 3 aromatic rings. The highest BCUT2D eigenvalue weighted by atomic mass is 14.1. The molecular weight excluding hydrogens is 264 g/mol. The van der Waals surface area contributed by atoms with Crippen LogP contribution in [0.5, 0.6) is 0 Å². The van der Waals surface area contributed by atoms with Gasteiger partial charge in [-0.15, -0.1) is 0 Å². The van der Waals surface area contributed by atoms with Crippen LogP contribution in [0.25, 0.3) is 22.3 Å². The van der Waals surface area contributed by atoms with Gasteiger partial charge in [0, 0.05) is 0 Å². The van der Waals surface area contributed by atoms with Crippen LogP contribution in [0.4, 0.5) is 0 Å². The first kappa shape index (κ1) is 16.0. The van der Waals surface area contributed by atoms with Crippen molar-refractivity contribution in [3.8, 4) is 22.3 Å². The van der Waals surface area contributed by atoms with E-state index in [1.165, 1.54) is 34.2 Å². The first-order chi connectivity index (χ1) is 10.8. The molecule has 0 heteroatoms. The van der Waals surface area contributed by atoms with Crippen molar-refractivity contribution in [2.24, 2.45) is 0 Å². The van der Waals surface area contributed by atoms with E-state index in [0.717, 1.165) is 0 Å². The Morgan fingerprint density at radius 3 is 1.68 bits per heavy atom. The van der Waals surface area contributed by atoms with Gasteiger partial charge in [-0.05, 0) is 29.2 Å². The SMILES string of the molecule is CCC.Cc1cccc(-c2ccccc2-c2ccccc2)c1. The minimum atomic E-state index is 1.25. The van der Waals surface area contributed by atoms with Gasteiger partial charge in [-0.3, -0.25) is 0 Å². The number of hydrogen-bond acceptors (Lipinski definition) is 0. The fourth-order valence-electron chi connectivity index (χ4n) is 2.42. The topological polar surface area (TPSA) is 0 Å². The third kappa shape index (κ3) is 4.08. The van der Waals surface area contributed by atoms with Crippen molar-refractivity contribution in [1.82, 2.24) is 0 Å². The third-order valence-corrected chi connectivity index (χ3v) is 3.34. The first-order valence-corrected chi connectivity index (χ1v) is 7.97. The van der Waals surface area contributed by atoms with Crippen LogP contribution >= 0.6 is 0 Å². The molecule has 0 atom stereocenters. The average molecular weight is 288 g/mol. The summed E-state index contributed by atoms with van der Waals surface area (Å²) in [5.41, 5.74) is 6.41. The number of benzene rings is 3. The van der Waals surface area contributed by atoms with Gasteiger partial charge >= 0.3 is 0 Å². The van der Waals surface area contributed by atoms with E-state index in [2.05, 4.69) is 99.6 Å². The molecule has 0 aliphatic carbocycles. The number of aryl methyl sites for hydroxylation is 1. The lowest BCUT2D eigenvalue weighted by Crippen LogP contribution is -1.85. The van der Waals surface area contributed by atoms with Crippen LogP contribution in [0.2, 0.25) is 0 Å². The molecule has 3 aromatic carbocycles. The van der Waals surface area contributed by atoms with Crippen molar-refractivity contribution in [3.05, 3.63) is 84.4 Å². The quantitative estimate of drug-likeness (QED) is 0.489. The average Bonchev–Trinajstić information content (AvgIpc) is 2.56. The second-order valence-electron chi connectivity index (χ2n) is 5.49. The van der Waals surface area contributed by atoms with Gasteiger partial charge in [0.15, 0.2) is 0 Å². The van der Waals surface area contributed by atoms with Crippen LogP contribution in [-0.4, -0.2) is 0 Å². The third-order valence-electron chi connectivity index (χ3n) is 3.34. The van der Waals surface area contributed by atoms with E-state index >= 15 is 0 Å². The summed E-state index contributed by atoms with van der Waals surface area (Å²) in [6.07, 6.45) is 1.25. The second-order valence-corrected chi connectivity index (χ2v) is 5.49. The monoisotopic (exact) mass is 288 g/mol. The Morgan fingerprint density at radius 2 is 1.09 bits per heavy atom. The van der Waals surface area contributed by atoms with Gasteiger partial charge in [0.1, 0.15) is 0 Å². The molecule has 0 nitrogen and oxygen atoms in total. The smallest absolute Gasteiger partial charge is 0.0105 e. The highest BCUT2D eigenvalue weighted by Gasteiger charge is 2.06. The molecule has 0 saturated carbocycles. The Balaban J connectivity index is 0.000000545. The van der Waals surface area contributed by atoms with Gasteiger partial charge in [-0.2, -0.15) is 0 Å². The lowest BCUT2D eigenvalue weighted by Gasteiger charge is -2.10. The number of rotatable bonds is 2. The molecule has 0 amide bonds. The molecule has 0 bridgehead atoms. The van der Waals surface area contributed by atoms with Gasteiger partial charge in [-0.1, -0.05) is 105 Å². The molecule has 0 radical (unpaired) electrons. The highest BCUT2D eigenvalue weighted by molar-refractivity contribution is 5.83. The maximum Gasteiger partial charge on any atom is -0.0105 e. The molecule has 0 fully saturated rings. The fourth-order valence-corrected chi connectivity index (χ4v) is 2.42. The Kier molecular flexibility index (Phi) is 5.97. The van der Waals surface area contributed by atoms with E-state index in [0.29, 0.717) is 0 Å². The summed E-state index contributed by atoms with van der Waals surface area (Å²) in [5.74, 6) is 0. The lowest BCUT2D eigenvalue weighted by atomic mass is 9.94. The first-order valence-electron chi connectivity index (χ1n) is 7.97. The van der Waals surface area contributed by atoms with Crippen LogP contribution < -0.4 is 0 Å². The molecule has 0 saturated heterocycles. The molecular formula is C22H24. The number of hydrogen-bond donors (Lipinski definition) is 0. The molecule has 112 valence electrons. The molecule has 0 unspecified atom stereocenters. The standard InChI is InChI=1S/C19H16.C3H8/c1-15-8-7-11-17(14-15)19-13-6-5-12-18(19)16-9-3-2-4-10-16;1-3-2/h2-14H,1H3;3H2,1-2H3. The Bertz CT molecular complexity index is 696. The Labute approximate surface area is 134 Å². The normalized spacial score (nSPS) is 9.77. The van der Waals surface area contributed by atoms with Gasteiger partial charge in [0.25, 0.3) is 0 Å². The molecule has 0 heterocycles. The van der Waals surface area contributed by atoms with E-state index in [9.17, 15) is 0 Å². The molecule has 0 aliphatic heterocycles. The summed E-state index contributed by atoms with van der Waals surface area (Å²) in [4.78, 5) is 0. The molecule has 0 aliphatic rings. The van der Waals surface area contributed by atoms with Gasteiger partial charge < -0.3 is 0 Å². The largest absolute Gasteiger partial charge is 0.0656 e. The zero-order valence-corrected chi connectivity index (χ0v) is 13.7. The zero-order valence-electron chi connectivity index (χ0n) is 13.7. The highest BCUT2D eigenvalue weighted by Crippen LogP contribution is 2.31. The van der Waals surface area contributed by atoms with Gasteiger partial charge in [0.2, 0.25) is 0 Å².